The van der Waals surface area contributed by atoms with Gasteiger partial charge in [0.25, 0.3) is 25.2 Å². The number of benzene rings is 1. The molecule has 0 bridgehead atoms. The third-order valence-corrected chi connectivity index (χ3v) is 11.0. The van der Waals surface area contributed by atoms with Crippen LogP contribution in [0.15, 0.2) is 58.7 Å². The first-order valence-corrected chi connectivity index (χ1v) is 18.5. The van der Waals surface area contributed by atoms with Crippen LogP contribution >= 0.6 is 23.1 Å². The summed E-state index contributed by atoms with van der Waals surface area (Å²) in [4.78, 5) is 12.1. The van der Waals surface area contributed by atoms with Gasteiger partial charge in [0.2, 0.25) is 5.52 Å². The van der Waals surface area contributed by atoms with E-state index in [1.54, 1.807) is 23.1 Å². The SMILES string of the molecule is CCC(=C/c1sc2ccc(COOC)cc2[n+]1CCCS(=O)(=O)O)/C=C1/SC2C=CC(C)=CC2N1CCCS(=O)(=O)O. The number of nitrogens with zero attached hydrogens (tertiary/aromatic N) is 2. The van der Waals surface area contributed by atoms with Crippen LogP contribution in [-0.4, -0.2) is 67.3 Å². The van der Waals surface area contributed by atoms with E-state index >= 15 is 0 Å². The summed E-state index contributed by atoms with van der Waals surface area (Å²) in [5, 5.41) is 2.17. The molecule has 42 heavy (non-hydrogen) atoms. The van der Waals surface area contributed by atoms with Gasteiger partial charge in [0.1, 0.15) is 11.3 Å². The number of hydrogen-bond acceptors (Lipinski definition) is 9. The largest absolute Gasteiger partial charge is 0.358 e. The Kier molecular flexibility index (Phi) is 11.1. The summed E-state index contributed by atoms with van der Waals surface area (Å²) in [7, 11) is -6.69. The molecule has 2 atom stereocenters. The molecule has 0 saturated carbocycles. The zero-order chi connectivity index (χ0) is 30.5. The van der Waals surface area contributed by atoms with Crippen molar-refractivity contribution in [2.24, 2.45) is 0 Å². The van der Waals surface area contributed by atoms with E-state index in [0.29, 0.717) is 19.5 Å². The lowest BCUT2D eigenvalue weighted by Crippen LogP contribution is -2.36. The van der Waals surface area contributed by atoms with Crippen LogP contribution in [0, 0.1) is 0 Å². The summed E-state index contributed by atoms with van der Waals surface area (Å²) in [6, 6.07) is 6.05. The molecule has 1 aromatic carbocycles. The Morgan fingerprint density at radius 1 is 1.14 bits per heavy atom. The van der Waals surface area contributed by atoms with Crippen molar-refractivity contribution in [1.82, 2.24) is 4.90 Å². The first-order valence-electron chi connectivity index (χ1n) is 13.6. The standard InChI is InChI=1S/C28H36N2O8S4/c1-4-21(17-27-29(11-5-13-41(31,32)33)23-15-20(2)7-9-25(23)39-27)18-28-30(12-6-14-42(34,35)36)24-16-22(19-38-37-3)8-10-26(24)40-28/h7-10,15-18,23,25H,4-6,11-14,19H2,1-3H3,(H-,31,32,33,34,35,36)/p+1. The third-order valence-electron chi connectivity index (χ3n) is 6.97. The summed E-state index contributed by atoms with van der Waals surface area (Å²) in [6.07, 6.45) is 12.0. The number of aryl methyl sites for hydroxylation is 1. The number of hydrogen-bond donors (Lipinski definition) is 2. The van der Waals surface area contributed by atoms with E-state index in [-0.39, 0.29) is 35.8 Å². The highest BCUT2D eigenvalue weighted by Crippen LogP contribution is 2.43. The summed E-state index contributed by atoms with van der Waals surface area (Å²) >= 11 is 3.32. The number of fused-ring (bicyclic) bond motifs is 2. The number of thiazole rings is 1. The fraction of sp³-hybridized carbons (Fsp3) is 0.464. The first kappa shape index (κ1) is 32.9. The number of aromatic nitrogens is 1. The lowest BCUT2D eigenvalue weighted by molar-refractivity contribution is -0.668. The van der Waals surface area contributed by atoms with Gasteiger partial charge in [-0.05, 0) is 43.0 Å². The van der Waals surface area contributed by atoms with Crippen LogP contribution in [0.25, 0.3) is 16.3 Å². The van der Waals surface area contributed by atoms with Crippen LogP contribution in [0.2, 0.25) is 0 Å². The highest BCUT2D eigenvalue weighted by atomic mass is 32.2. The van der Waals surface area contributed by atoms with Crippen LogP contribution in [0.5, 0.6) is 0 Å². The topological polar surface area (TPSA) is 134 Å². The zero-order valence-electron chi connectivity index (χ0n) is 23.8. The Morgan fingerprint density at radius 3 is 2.57 bits per heavy atom. The maximum atomic E-state index is 11.4. The minimum atomic E-state index is -4.09. The predicted octanol–water partition coefficient (Wildman–Crippen LogP) is 4.76. The lowest BCUT2D eigenvalue weighted by Gasteiger charge is -2.28. The van der Waals surface area contributed by atoms with E-state index in [0.717, 1.165) is 43.4 Å². The van der Waals surface area contributed by atoms with Crippen LogP contribution in [0.4, 0.5) is 0 Å². The second kappa shape index (κ2) is 14.2. The van der Waals surface area contributed by atoms with E-state index in [4.69, 9.17) is 9.78 Å². The van der Waals surface area contributed by atoms with Gasteiger partial charge >= 0.3 is 0 Å². The average molecular weight is 658 g/mol. The number of thioether (sulfide) groups is 1. The monoisotopic (exact) mass is 657 g/mol. The van der Waals surface area contributed by atoms with Gasteiger partial charge in [0.05, 0.1) is 34.9 Å². The molecule has 1 saturated heterocycles. The predicted molar refractivity (Wildman–Crippen MR) is 167 cm³/mol. The molecule has 2 aliphatic rings. The van der Waals surface area contributed by atoms with E-state index in [2.05, 4.69) is 46.8 Å². The van der Waals surface area contributed by atoms with Gasteiger partial charge in [-0.1, -0.05) is 59.9 Å². The molecule has 0 spiro atoms. The normalized spacial score (nSPS) is 20.5. The van der Waals surface area contributed by atoms with Crippen molar-refractivity contribution in [3.8, 4) is 0 Å². The molecule has 14 heteroatoms. The van der Waals surface area contributed by atoms with E-state index in [9.17, 15) is 25.9 Å². The molecular formula is C28H37N2O8S4+. The summed E-state index contributed by atoms with van der Waals surface area (Å²) in [6.45, 7) is 5.25. The maximum absolute atomic E-state index is 11.4. The molecule has 230 valence electrons. The molecule has 4 rings (SSSR count). The molecular weight excluding hydrogens is 621 g/mol. The fourth-order valence-electron chi connectivity index (χ4n) is 4.97. The highest BCUT2D eigenvalue weighted by Gasteiger charge is 2.36. The Bertz CT molecular complexity index is 1620. The van der Waals surface area contributed by atoms with Crippen molar-refractivity contribution in [2.45, 2.75) is 57.6 Å². The Labute approximate surface area is 255 Å². The van der Waals surface area contributed by atoms with Gasteiger partial charge < -0.3 is 4.90 Å². The molecule has 1 aromatic heterocycles. The Hall–Kier alpha value is -2.04. The van der Waals surface area contributed by atoms with Gasteiger partial charge in [0.15, 0.2) is 6.54 Å². The van der Waals surface area contributed by atoms with Crippen molar-refractivity contribution in [2.75, 3.05) is 25.2 Å². The molecule has 2 N–H and O–H groups in total. The van der Waals surface area contributed by atoms with Gasteiger partial charge in [-0.15, -0.1) is 0 Å². The number of rotatable bonds is 14. The zero-order valence-corrected chi connectivity index (χ0v) is 27.1. The van der Waals surface area contributed by atoms with Gasteiger partial charge in [-0.2, -0.15) is 21.4 Å². The minimum Gasteiger partial charge on any atom is -0.358 e. The first-order chi connectivity index (χ1) is 19.9. The molecule has 2 unspecified atom stereocenters. The lowest BCUT2D eigenvalue weighted by atomic mass is 10.0. The van der Waals surface area contributed by atoms with Crippen molar-refractivity contribution in [1.29, 1.82) is 0 Å². The molecule has 1 fully saturated rings. The van der Waals surface area contributed by atoms with Crippen LogP contribution in [0.3, 0.4) is 0 Å². The molecule has 1 aliphatic carbocycles. The minimum absolute atomic E-state index is 0.0909. The van der Waals surface area contributed by atoms with Gasteiger partial charge in [-0.25, -0.2) is 9.78 Å². The molecule has 1 aliphatic heterocycles. The van der Waals surface area contributed by atoms with Gasteiger partial charge in [-0.3, -0.25) is 9.11 Å². The van der Waals surface area contributed by atoms with Crippen molar-refractivity contribution in [3.63, 3.8) is 0 Å². The van der Waals surface area contributed by atoms with Crippen LogP contribution in [-0.2, 0) is 43.2 Å². The van der Waals surface area contributed by atoms with Crippen LogP contribution in [0.1, 0.15) is 43.7 Å². The Balaban J connectivity index is 1.70. The molecule has 0 amide bonds. The van der Waals surface area contributed by atoms with Gasteiger partial charge in [0, 0.05) is 25.1 Å². The number of allylic oxidation sites excluding steroid dienone is 4. The van der Waals surface area contributed by atoms with Crippen molar-refractivity contribution < 1.29 is 40.3 Å². The smallest absolute Gasteiger partial charge is 0.265 e. The van der Waals surface area contributed by atoms with Crippen molar-refractivity contribution in [3.05, 3.63) is 69.2 Å². The van der Waals surface area contributed by atoms with E-state index in [1.807, 2.05) is 25.1 Å². The molecule has 0 radical (unpaired) electrons. The summed E-state index contributed by atoms with van der Waals surface area (Å²) in [5.74, 6) is -0.632. The molecule has 2 aromatic rings. The average Bonchev–Trinajstić information content (AvgIpc) is 3.42. The highest BCUT2D eigenvalue weighted by molar-refractivity contribution is 8.04. The second-order valence-corrected chi connectivity index (χ2v) is 15.6. The quantitative estimate of drug-likeness (QED) is 0.127. The Morgan fingerprint density at radius 2 is 1.88 bits per heavy atom. The van der Waals surface area contributed by atoms with Crippen molar-refractivity contribution >= 4 is 59.6 Å². The summed E-state index contributed by atoms with van der Waals surface area (Å²) in [5.41, 5.74) is 4.04. The van der Waals surface area contributed by atoms with E-state index < -0.39 is 20.2 Å². The van der Waals surface area contributed by atoms with Crippen LogP contribution < -0.4 is 4.57 Å². The fourth-order valence-corrected chi connectivity index (χ4v) is 8.48. The van der Waals surface area contributed by atoms with E-state index in [1.165, 1.54) is 7.11 Å². The summed E-state index contributed by atoms with van der Waals surface area (Å²) < 4.78 is 67.3. The maximum Gasteiger partial charge on any atom is 0.265 e. The third kappa shape index (κ3) is 8.99. The second-order valence-electron chi connectivity index (χ2n) is 10.2. The molecule has 10 nitrogen and oxygen atoms in total. The molecule has 2 heterocycles.